The van der Waals surface area contributed by atoms with E-state index in [1.54, 1.807) is 32.2 Å². The number of anilines is 1. The summed E-state index contributed by atoms with van der Waals surface area (Å²) < 4.78 is 27.5. The summed E-state index contributed by atoms with van der Waals surface area (Å²) in [7, 11) is 1.58. The molecule has 4 aromatic rings. The van der Waals surface area contributed by atoms with Crippen LogP contribution in [0.2, 0.25) is 0 Å². The number of rotatable bonds is 4. The van der Waals surface area contributed by atoms with Gasteiger partial charge in [0.25, 0.3) is 5.91 Å². The molecule has 0 aliphatic heterocycles. The summed E-state index contributed by atoms with van der Waals surface area (Å²) in [5.74, 6) is -0.422. The zero-order valence-electron chi connectivity index (χ0n) is 15.3. The molecule has 1 aromatic carbocycles. The summed E-state index contributed by atoms with van der Waals surface area (Å²) in [4.78, 5) is 12.7. The quantitative estimate of drug-likeness (QED) is 0.550. The second kappa shape index (κ2) is 6.83. The summed E-state index contributed by atoms with van der Waals surface area (Å²) in [5.41, 5.74) is 2.94. The van der Waals surface area contributed by atoms with E-state index in [9.17, 15) is 13.6 Å². The predicted octanol–water partition coefficient (Wildman–Crippen LogP) is 2.99. The minimum Gasteiger partial charge on any atom is -0.321 e. The first-order valence-corrected chi connectivity index (χ1v) is 8.45. The molecule has 0 unspecified atom stereocenters. The fourth-order valence-electron chi connectivity index (χ4n) is 3.12. The number of benzene rings is 1. The number of amides is 1. The van der Waals surface area contributed by atoms with E-state index in [1.807, 2.05) is 6.07 Å². The number of fused-ring (bicyclic) bond motifs is 1. The van der Waals surface area contributed by atoms with Gasteiger partial charge in [0.1, 0.15) is 17.5 Å². The Balaban J connectivity index is 1.68. The molecule has 0 aliphatic rings. The normalized spacial score (nSPS) is 11.2. The number of halogens is 2. The fourth-order valence-corrected chi connectivity index (χ4v) is 3.12. The standard InChI is InChI=1S/C18H14F2N8O/c1-9-14(6-21)26-27(2)16(9)17(29)23-11-3-4-13-12(5-11)15(25-24-13)10-7-22-28(8-10)18(19)20/h3-5,7-8,18H,1-2H3,(H,23,29)(H,24,25). The Labute approximate surface area is 162 Å². The van der Waals surface area contributed by atoms with Crippen LogP contribution in [0.15, 0.2) is 30.6 Å². The van der Waals surface area contributed by atoms with Crippen molar-refractivity contribution in [3.05, 3.63) is 47.5 Å². The number of aromatic nitrogens is 6. The van der Waals surface area contributed by atoms with Crippen LogP contribution in [0.5, 0.6) is 0 Å². The van der Waals surface area contributed by atoms with E-state index in [0.29, 0.717) is 38.1 Å². The van der Waals surface area contributed by atoms with Gasteiger partial charge in [-0.2, -0.15) is 29.3 Å². The number of carbonyl (C=O) groups is 1. The van der Waals surface area contributed by atoms with Gasteiger partial charge in [0, 0.05) is 35.4 Å². The van der Waals surface area contributed by atoms with E-state index < -0.39 is 12.5 Å². The van der Waals surface area contributed by atoms with Gasteiger partial charge < -0.3 is 5.32 Å². The number of hydrogen-bond acceptors (Lipinski definition) is 5. The van der Waals surface area contributed by atoms with Crippen molar-refractivity contribution in [2.24, 2.45) is 7.05 Å². The molecule has 0 saturated carbocycles. The lowest BCUT2D eigenvalue weighted by atomic mass is 10.1. The van der Waals surface area contributed by atoms with Crippen molar-refractivity contribution < 1.29 is 13.6 Å². The van der Waals surface area contributed by atoms with Crippen LogP contribution in [0.3, 0.4) is 0 Å². The second-order valence-corrected chi connectivity index (χ2v) is 6.33. The molecule has 0 atom stereocenters. The van der Waals surface area contributed by atoms with E-state index in [-0.39, 0.29) is 11.4 Å². The Bertz CT molecular complexity index is 1280. The Morgan fingerprint density at radius 3 is 2.83 bits per heavy atom. The Morgan fingerprint density at radius 1 is 1.38 bits per heavy atom. The predicted molar refractivity (Wildman–Crippen MR) is 99.2 cm³/mol. The smallest absolute Gasteiger partial charge is 0.321 e. The average molecular weight is 396 g/mol. The SMILES string of the molecule is Cc1c(C#N)nn(C)c1C(=O)Nc1ccc2[nH]nc(-c3cnn(C(F)F)c3)c2c1. The summed E-state index contributed by atoms with van der Waals surface area (Å²) in [6.07, 6.45) is 2.50. The van der Waals surface area contributed by atoms with E-state index in [4.69, 9.17) is 5.26 Å². The van der Waals surface area contributed by atoms with Crippen molar-refractivity contribution in [2.75, 3.05) is 5.32 Å². The molecule has 3 aromatic heterocycles. The molecule has 11 heteroatoms. The number of alkyl halides is 2. The lowest BCUT2D eigenvalue weighted by molar-refractivity contribution is 0.0566. The van der Waals surface area contributed by atoms with Gasteiger partial charge >= 0.3 is 6.55 Å². The summed E-state index contributed by atoms with van der Waals surface area (Å²) in [5, 5.41) is 27.1. The van der Waals surface area contributed by atoms with Crippen molar-refractivity contribution in [3.63, 3.8) is 0 Å². The third kappa shape index (κ3) is 3.10. The molecule has 0 saturated heterocycles. The molecule has 2 N–H and O–H groups in total. The maximum atomic E-state index is 12.8. The average Bonchev–Trinajstić information content (AvgIpc) is 3.38. The highest BCUT2D eigenvalue weighted by atomic mass is 19.3. The largest absolute Gasteiger partial charge is 0.333 e. The molecule has 3 heterocycles. The molecule has 146 valence electrons. The third-order valence-corrected chi connectivity index (χ3v) is 4.50. The maximum Gasteiger partial charge on any atom is 0.333 e. The maximum absolute atomic E-state index is 12.8. The van der Waals surface area contributed by atoms with Gasteiger partial charge in [-0.25, -0.2) is 4.68 Å². The number of carbonyl (C=O) groups excluding carboxylic acids is 1. The van der Waals surface area contributed by atoms with Crippen LogP contribution in [0.25, 0.3) is 22.2 Å². The molecule has 0 fully saturated rings. The van der Waals surface area contributed by atoms with Gasteiger partial charge in [-0.15, -0.1) is 0 Å². The van der Waals surface area contributed by atoms with Gasteiger partial charge in [0.2, 0.25) is 0 Å². The molecule has 0 aliphatic carbocycles. The van der Waals surface area contributed by atoms with Crippen molar-refractivity contribution >= 4 is 22.5 Å². The number of nitrogens with one attached hydrogen (secondary N) is 2. The topological polar surface area (TPSA) is 117 Å². The Hall–Kier alpha value is -4.07. The zero-order valence-corrected chi connectivity index (χ0v) is 15.3. The lowest BCUT2D eigenvalue weighted by Gasteiger charge is -2.07. The minimum absolute atomic E-state index is 0.182. The summed E-state index contributed by atoms with van der Waals surface area (Å²) >= 11 is 0. The lowest BCUT2D eigenvalue weighted by Crippen LogP contribution is -2.17. The number of H-pyrrole nitrogens is 1. The number of nitriles is 1. The van der Waals surface area contributed by atoms with Crippen LogP contribution in [0, 0.1) is 18.3 Å². The van der Waals surface area contributed by atoms with Crippen LogP contribution in [-0.4, -0.2) is 35.7 Å². The van der Waals surface area contributed by atoms with Crippen LogP contribution in [0.1, 0.15) is 28.3 Å². The van der Waals surface area contributed by atoms with E-state index in [1.165, 1.54) is 17.1 Å². The van der Waals surface area contributed by atoms with Crippen LogP contribution < -0.4 is 5.32 Å². The zero-order chi connectivity index (χ0) is 20.7. The Kier molecular flexibility index (Phi) is 4.31. The number of hydrogen-bond donors (Lipinski definition) is 2. The van der Waals surface area contributed by atoms with Crippen LogP contribution in [-0.2, 0) is 7.05 Å². The monoisotopic (exact) mass is 396 g/mol. The number of aromatic amines is 1. The molecule has 0 bridgehead atoms. The minimum atomic E-state index is -2.75. The van der Waals surface area contributed by atoms with Crippen molar-refractivity contribution in [3.8, 4) is 17.3 Å². The first-order valence-electron chi connectivity index (χ1n) is 8.45. The van der Waals surface area contributed by atoms with Crippen molar-refractivity contribution in [1.29, 1.82) is 5.26 Å². The second-order valence-electron chi connectivity index (χ2n) is 6.33. The van der Waals surface area contributed by atoms with Crippen molar-refractivity contribution in [1.82, 2.24) is 29.8 Å². The van der Waals surface area contributed by atoms with E-state index in [0.717, 1.165) is 0 Å². The molecule has 0 radical (unpaired) electrons. The third-order valence-electron chi connectivity index (χ3n) is 4.50. The van der Waals surface area contributed by atoms with Gasteiger partial charge in [0.05, 0.1) is 11.7 Å². The van der Waals surface area contributed by atoms with E-state index >= 15 is 0 Å². The fraction of sp³-hybridized carbons (Fsp3) is 0.167. The molecule has 1 amide bonds. The number of nitrogens with zero attached hydrogens (tertiary/aromatic N) is 6. The van der Waals surface area contributed by atoms with Gasteiger partial charge in [-0.1, -0.05) is 0 Å². The van der Waals surface area contributed by atoms with E-state index in [2.05, 4.69) is 25.7 Å². The molecular weight excluding hydrogens is 382 g/mol. The van der Waals surface area contributed by atoms with Crippen LogP contribution >= 0.6 is 0 Å². The molecule has 4 rings (SSSR count). The highest BCUT2D eigenvalue weighted by Crippen LogP contribution is 2.29. The molecule has 0 spiro atoms. The highest BCUT2D eigenvalue weighted by Gasteiger charge is 2.20. The van der Waals surface area contributed by atoms with Crippen molar-refractivity contribution in [2.45, 2.75) is 13.5 Å². The first kappa shape index (κ1) is 18.3. The van der Waals surface area contributed by atoms with Gasteiger partial charge in [-0.05, 0) is 25.1 Å². The molecule has 29 heavy (non-hydrogen) atoms. The van der Waals surface area contributed by atoms with Gasteiger partial charge in [0.15, 0.2) is 5.69 Å². The van der Waals surface area contributed by atoms with Crippen LogP contribution in [0.4, 0.5) is 14.5 Å². The molecule has 9 nitrogen and oxygen atoms in total. The van der Waals surface area contributed by atoms with Gasteiger partial charge in [-0.3, -0.25) is 14.6 Å². The Morgan fingerprint density at radius 2 is 2.17 bits per heavy atom. The highest BCUT2D eigenvalue weighted by molar-refractivity contribution is 6.06. The first-order chi connectivity index (χ1) is 13.9. The summed E-state index contributed by atoms with van der Waals surface area (Å²) in [6.45, 7) is -1.09. The number of aryl methyl sites for hydroxylation is 1. The summed E-state index contributed by atoms with van der Waals surface area (Å²) in [6, 6.07) is 7.03. The molecular formula is C18H14F2N8O.